The maximum atomic E-state index is 12.6. The quantitative estimate of drug-likeness (QED) is 0.212. The molecule has 0 aliphatic rings. The number of benzene rings is 2. The van der Waals surface area contributed by atoms with Crippen LogP contribution in [0.15, 0.2) is 42.5 Å². The maximum absolute atomic E-state index is 12.6. The molecule has 154 valence electrons. The zero-order valence-electron chi connectivity index (χ0n) is 16.3. The summed E-state index contributed by atoms with van der Waals surface area (Å²) in [5.74, 6) is -0.655. The van der Waals surface area contributed by atoms with Crippen molar-refractivity contribution in [3.8, 4) is 5.75 Å². The van der Waals surface area contributed by atoms with Crippen LogP contribution in [-0.2, 0) is 9.47 Å². The van der Waals surface area contributed by atoms with E-state index in [0.29, 0.717) is 30.2 Å². The molecule has 2 aromatic rings. The average molecular weight is 402 g/mol. The highest BCUT2D eigenvalue weighted by molar-refractivity contribution is 6.02. The van der Waals surface area contributed by atoms with Gasteiger partial charge >= 0.3 is 5.97 Å². The van der Waals surface area contributed by atoms with E-state index >= 15 is 0 Å². The number of nitro groups is 1. The second-order valence-corrected chi connectivity index (χ2v) is 6.05. The Morgan fingerprint density at radius 2 is 1.83 bits per heavy atom. The summed E-state index contributed by atoms with van der Waals surface area (Å²) in [5.41, 5.74) is 0.401. The first kappa shape index (κ1) is 21.8. The van der Waals surface area contributed by atoms with E-state index in [4.69, 9.17) is 14.2 Å². The van der Waals surface area contributed by atoms with Crippen molar-refractivity contribution in [2.45, 2.75) is 13.0 Å². The number of non-ortho nitro benzene ring substituents is 1. The van der Waals surface area contributed by atoms with Crippen molar-refractivity contribution in [1.82, 2.24) is 0 Å². The predicted molar refractivity (Wildman–Crippen MR) is 106 cm³/mol. The second-order valence-electron chi connectivity index (χ2n) is 6.05. The van der Waals surface area contributed by atoms with Crippen LogP contribution in [-0.4, -0.2) is 50.2 Å². The molecule has 0 saturated heterocycles. The van der Waals surface area contributed by atoms with E-state index in [1.54, 1.807) is 24.3 Å². The van der Waals surface area contributed by atoms with E-state index < -0.39 is 22.8 Å². The number of ether oxygens (including phenoxy) is 3. The fourth-order valence-corrected chi connectivity index (χ4v) is 2.52. The Hall–Kier alpha value is -3.46. The summed E-state index contributed by atoms with van der Waals surface area (Å²) in [4.78, 5) is 35.6. The van der Waals surface area contributed by atoms with Gasteiger partial charge in [0, 0.05) is 37.0 Å². The Bertz CT molecular complexity index is 881. The largest absolute Gasteiger partial charge is 0.497 e. The summed E-state index contributed by atoms with van der Waals surface area (Å²) in [6, 6.07) is 10.2. The Morgan fingerprint density at radius 1 is 1.14 bits per heavy atom. The lowest BCUT2D eigenvalue weighted by Gasteiger charge is -2.15. The first-order valence-corrected chi connectivity index (χ1v) is 8.78. The van der Waals surface area contributed by atoms with Gasteiger partial charge in [-0.3, -0.25) is 14.9 Å². The number of nitrogens with one attached hydrogen (secondary N) is 1. The lowest BCUT2D eigenvalue weighted by molar-refractivity contribution is -0.384. The molecular formula is C20H22N2O7. The number of hydrogen-bond acceptors (Lipinski definition) is 8. The molecule has 0 fully saturated rings. The summed E-state index contributed by atoms with van der Waals surface area (Å²) in [6.07, 6.45) is -1.08. The normalized spacial score (nSPS) is 11.4. The van der Waals surface area contributed by atoms with E-state index in [9.17, 15) is 19.7 Å². The third kappa shape index (κ3) is 5.76. The molecule has 2 aromatic carbocycles. The highest BCUT2D eigenvalue weighted by Crippen LogP contribution is 2.24. The number of Topliss-reactive ketones (excluding diaryl/α,β-unsaturated/α-hetero) is 1. The molecule has 9 nitrogen and oxygen atoms in total. The van der Waals surface area contributed by atoms with Gasteiger partial charge in [-0.05, 0) is 37.3 Å². The number of carbonyl (C=O) groups is 2. The third-order valence-electron chi connectivity index (χ3n) is 4.08. The standard InChI is InChI=1S/C20H22N2O7/c1-13(19(23)14-4-7-16(28-3)8-5-14)29-20(24)17-12-15(22(25)26)6-9-18(17)21-10-11-27-2/h4-9,12-13,21H,10-11H2,1-3H3/t13-/m1/s1. The number of anilines is 1. The number of hydrogen-bond donors (Lipinski definition) is 1. The van der Waals surface area contributed by atoms with Gasteiger partial charge in [-0.1, -0.05) is 0 Å². The van der Waals surface area contributed by atoms with E-state index in [2.05, 4.69) is 5.32 Å². The molecule has 1 atom stereocenters. The van der Waals surface area contributed by atoms with Gasteiger partial charge in [-0.2, -0.15) is 0 Å². The van der Waals surface area contributed by atoms with Crippen molar-refractivity contribution >= 4 is 23.1 Å². The lowest BCUT2D eigenvalue weighted by Crippen LogP contribution is -2.25. The predicted octanol–water partition coefficient (Wildman–Crippen LogP) is 3.09. The molecule has 0 heterocycles. The number of ketones is 1. The van der Waals surface area contributed by atoms with Crippen LogP contribution < -0.4 is 10.1 Å². The zero-order valence-corrected chi connectivity index (χ0v) is 16.3. The van der Waals surface area contributed by atoms with Gasteiger partial charge in [0.15, 0.2) is 6.10 Å². The molecule has 9 heteroatoms. The number of carbonyl (C=O) groups excluding carboxylic acids is 2. The van der Waals surface area contributed by atoms with Gasteiger partial charge in [0.1, 0.15) is 5.75 Å². The fourth-order valence-electron chi connectivity index (χ4n) is 2.52. The Balaban J connectivity index is 2.19. The average Bonchev–Trinajstić information content (AvgIpc) is 2.73. The molecule has 0 radical (unpaired) electrons. The van der Waals surface area contributed by atoms with Crippen LogP contribution in [0.5, 0.6) is 5.75 Å². The van der Waals surface area contributed by atoms with Gasteiger partial charge < -0.3 is 19.5 Å². The number of nitro benzene ring substituents is 1. The maximum Gasteiger partial charge on any atom is 0.341 e. The molecule has 2 rings (SSSR count). The van der Waals surface area contributed by atoms with Crippen molar-refractivity contribution in [2.75, 3.05) is 32.7 Å². The zero-order chi connectivity index (χ0) is 21.4. The van der Waals surface area contributed by atoms with E-state index in [-0.39, 0.29) is 11.3 Å². The minimum atomic E-state index is -1.08. The van der Waals surface area contributed by atoms with Crippen molar-refractivity contribution in [3.05, 3.63) is 63.7 Å². The number of nitrogens with zero attached hydrogens (tertiary/aromatic N) is 1. The SMILES string of the molecule is COCCNc1ccc([N+](=O)[O-])cc1C(=O)O[C@H](C)C(=O)c1ccc(OC)cc1. The van der Waals surface area contributed by atoms with Crippen LogP contribution in [0.4, 0.5) is 11.4 Å². The summed E-state index contributed by atoms with van der Waals surface area (Å²) < 4.78 is 15.3. The minimum Gasteiger partial charge on any atom is -0.497 e. The third-order valence-corrected chi connectivity index (χ3v) is 4.08. The molecular weight excluding hydrogens is 380 g/mol. The van der Waals surface area contributed by atoms with E-state index in [1.807, 2.05) is 0 Å². The number of esters is 1. The summed E-state index contributed by atoms with van der Waals surface area (Å²) in [5, 5.41) is 14.0. The molecule has 0 aromatic heterocycles. The monoisotopic (exact) mass is 402 g/mol. The lowest BCUT2D eigenvalue weighted by atomic mass is 10.1. The first-order valence-electron chi connectivity index (χ1n) is 8.78. The molecule has 1 N–H and O–H groups in total. The molecule has 0 aliphatic heterocycles. The summed E-state index contributed by atoms with van der Waals surface area (Å²) in [7, 11) is 3.04. The van der Waals surface area contributed by atoms with Crippen LogP contribution in [0.1, 0.15) is 27.6 Å². The molecule has 0 saturated carbocycles. The van der Waals surface area contributed by atoms with E-state index in [1.165, 1.54) is 33.3 Å². The molecule has 0 spiro atoms. The van der Waals surface area contributed by atoms with Gasteiger partial charge in [0.25, 0.3) is 5.69 Å². The molecule has 0 unspecified atom stereocenters. The van der Waals surface area contributed by atoms with Gasteiger partial charge in [0.05, 0.1) is 24.2 Å². The highest BCUT2D eigenvalue weighted by atomic mass is 16.6. The van der Waals surface area contributed by atoms with E-state index in [0.717, 1.165) is 6.07 Å². The van der Waals surface area contributed by atoms with Gasteiger partial charge in [-0.15, -0.1) is 0 Å². The Morgan fingerprint density at radius 3 is 2.41 bits per heavy atom. The minimum absolute atomic E-state index is 0.0373. The van der Waals surface area contributed by atoms with Gasteiger partial charge in [-0.25, -0.2) is 4.79 Å². The number of methoxy groups -OCH3 is 2. The number of rotatable bonds is 10. The topological polar surface area (TPSA) is 117 Å². The van der Waals surface area contributed by atoms with Crippen molar-refractivity contribution < 1.29 is 28.7 Å². The van der Waals surface area contributed by atoms with Crippen LogP contribution in [0.25, 0.3) is 0 Å². The van der Waals surface area contributed by atoms with Crippen LogP contribution >= 0.6 is 0 Å². The second kappa shape index (κ2) is 10.2. The fraction of sp³-hybridized carbons (Fsp3) is 0.300. The Labute approximate surface area is 167 Å². The molecule has 0 amide bonds. The Kier molecular flexibility index (Phi) is 7.67. The summed E-state index contributed by atoms with van der Waals surface area (Å²) in [6.45, 7) is 2.20. The summed E-state index contributed by atoms with van der Waals surface area (Å²) >= 11 is 0. The smallest absolute Gasteiger partial charge is 0.341 e. The molecule has 29 heavy (non-hydrogen) atoms. The van der Waals surface area contributed by atoms with Crippen molar-refractivity contribution in [3.63, 3.8) is 0 Å². The first-order chi connectivity index (χ1) is 13.9. The van der Waals surface area contributed by atoms with Crippen molar-refractivity contribution in [1.29, 1.82) is 0 Å². The molecule has 0 aliphatic carbocycles. The van der Waals surface area contributed by atoms with Crippen LogP contribution in [0.2, 0.25) is 0 Å². The highest BCUT2D eigenvalue weighted by Gasteiger charge is 2.24. The molecule has 0 bridgehead atoms. The van der Waals surface area contributed by atoms with Gasteiger partial charge in [0.2, 0.25) is 5.78 Å². The van der Waals surface area contributed by atoms with Crippen LogP contribution in [0.3, 0.4) is 0 Å². The van der Waals surface area contributed by atoms with Crippen molar-refractivity contribution in [2.24, 2.45) is 0 Å². The van der Waals surface area contributed by atoms with Crippen LogP contribution in [0, 0.1) is 10.1 Å².